The Bertz CT molecular complexity index is 1030. The third-order valence-electron chi connectivity index (χ3n) is 5.16. The van der Waals surface area contributed by atoms with Gasteiger partial charge in [-0.15, -0.1) is 0 Å². The van der Waals surface area contributed by atoms with Crippen LogP contribution in [0.3, 0.4) is 0 Å². The van der Waals surface area contributed by atoms with Gasteiger partial charge in [0.1, 0.15) is 11.5 Å². The molecule has 160 valence electrons. The normalized spacial score (nSPS) is 12.8. The number of hydrogen-bond acceptors (Lipinski definition) is 4. The number of aryl methyl sites for hydroxylation is 1. The van der Waals surface area contributed by atoms with Gasteiger partial charge in [0.05, 0.1) is 12.2 Å². The molecule has 0 aliphatic heterocycles. The molecule has 2 aromatic heterocycles. The first-order valence-corrected chi connectivity index (χ1v) is 10.2. The SMILES string of the molecule is COC[C@@H](C)NC(=O)c1cn(C(C)(C)C)c2nc(N(C)c3ccc(C)cc3)ccc12. The summed E-state index contributed by atoms with van der Waals surface area (Å²) in [5.74, 6) is 0.712. The van der Waals surface area contributed by atoms with Gasteiger partial charge in [0.15, 0.2) is 0 Å². The van der Waals surface area contributed by atoms with Crippen molar-refractivity contribution in [2.24, 2.45) is 0 Å². The summed E-state index contributed by atoms with van der Waals surface area (Å²) in [6.07, 6.45) is 1.90. The zero-order chi connectivity index (χ0) is 22.1. The summed E-state index contributed by atoms with van der Waals surface area (Å²) < 4.78 is 7.22. The van der Waals surface area contributed by atoms with Crippen molar-refractivity contribution in [3.63, 3.8) is 0 Å². The molecular weight excluding hydrogens is 376 g/mol. The molecular formula is C24H32N4O2. The van der Waals surface area contributed by atoms with Crippen molar-refractivity contribution >= 4 is 28.4 Å². The molecule has 2 heterocycles. The van der Waals surface area contributed by atoms with E-state index in [0.717, 1.165) is 22.5 Å². The van der Waals surface area contributed by atoms with Crippen LogP contribution in [0.5, 0.6) is 0 Å². The number of hydrogen-bond donors (Lipinski definition) is 1. The number of pyridine rings is 1. The van der Waals surface area contributed by atoms with Crippen LogP contribution in [0.25, 0.3) is 11.0 Å². The fourth-order valence-corrected chi connectivity index (χ4v) is 3.47. The molecule has 3 aromatic rings. The van der Waals surface area contributed by atoms with E-state index in [0.29, 0.717) is 12.2 Å². The van der Waals surface area contributed by atoms with E-state index < -0.39 is 0 Å². The third-order valence-corrected chi connectivity index (χ3v) is 5.16. The van der Waals surface area contributed by atoms with E-state index in [1.54, 1.807) is 7.11 Å². The Morgan fingerprint density at radius 2 is 1.87 bits per heavy atom. The Morgan fingerprint density at radius 3 is 2.47 bits per heavy atom. The van der Waals surface area contributed by atoms with Crippen LogP contribution in [-0.2, 0) is 10.3 Å². The molecule has 0 radical (unpaired) electrons. The summed E-state index contributed by atoms with van der Waals surface area (Å²) in [7, 11) is 3.63. The van der Waals surface area contributed by atoms with Crippen LogP contribution in [0.4, 0.5) is 11.5 Å². The van der Waals surface area contributed by atoms with Crippen molar-refractivity contribution in [3.05, 3.63) is 53.7 Å². The van der Waals surface area contributed by atoms with Crippen molar-refractivity contribution in [1.29, 1.82) is 0 Å². The molecule has 0 fully saturated rings. The average molecular weight is 409 g/mol. The number of fused-ring (bicyclic) bond motifs is 1. The second-order valence-corrected chi connectivity index (χ2v) is 8.85. The number of amides is 1. The number of rotatable bonds is 6. The van der Waals surface area contributed by atoms with Crippen molar-refractivity contribution < 1.29 is 9.53 Å². The molecule has 0 saturated carbocycles. The highest BCUT2D eigenvalue weighted by Gasteiger charge is 2.24. The number of carbonyl (C=O) groups is 1. The predicted molar refractivity (Wildman–Crippen MR) is 123 cm³/mol. The number of aromatic nitrogens is 2. The lowest BCUT2D eigenvalue weighted by atomic mass is 10.1. The monoisotopic (exact) mass is 408 g/mol. The van der Waals surface area contributed by atoms with E-state index in [9.17, 15) is 4.79 Å². The third kappa shape index (κ3) is 4.49. The fourth-order valence-electron chi connectivity index (χ4n) is 3.47. The molecule has 0 aliphatic carbocycles. The molecule has 1 N–H and O–H groups in total. The van der Waals surface area contributed by atoms with Gasteiger partial charge in [-0.3, -0.25) is 4.79 Å². The zero-order valence-corrected chi connectivity index (χ0v) is 19.0. The van der Waals surface area contributed by atoms with Gasteiger partial charge < -0.3 is 19.5 Å². The number of methoxy groups -OCH3 is 1. The zero-order valence-electron chi connectivity index (χ0n) is 19.0. The highest BCUT2D eigenvalue weighted by molar-refractivity contribution is 6.06. The number of carbonyl (C=O) groups excluding carboxylic acids is 1. The van der Waals surface area contributed by atoms with Crippen molar-refractivity contribution in [2.45, 2.75) is 46.2 Å². The van der Waals surface area contributed by atoms with Gasteiger partial charge in [0.25, 0.3) is 5.91 Å². The van der Waals surface area contributed by atoms with E-state index in [4.69, 9.17) is 9.72 Å². The standard InChI is InChI=1S/C24H32N4O2/c1-16-8-10-18(11-9-16)27(6)21-13-12-19-20(23(29)25-17(2)15-30-7)14-28(22(19)26-21)24(3,4)5/h8-14,17H,15H2,1-7H3,(H,25,29)/t17-/m1/s1. The summed E-state index contributed by atoms with van der Waals surface area (Å²) in [5, 5.41) is 3.85. The Balaban J connectivity index is 2.05. The number of anilines is 2. The molecule has 6 nitrogen and oxygen atoms in total. The van der Waals surface area contributed by atoms with Crippen LogP contribution in [-0.4, -0.2) is 42.3 Å². The molecule has 30 heavy (non-hydrogen) atoms. The van der Waals surface area contributed by atoms with E-state index >= 15 is 0 Å². The maximum absolute atomic E-state index is 12.9. The van der Waals surface area contributed by atoms with E-state index in [-0.39, 0.29) is 17.5 Å². The van der Waals surface area contributed by atoms with E-state index in [1.165, 1.54) is 5.56 Å². The Labute approximate surface area is 178 Å². The van der Waals surface area contributed by atoms with Crippen molar-refractivity contribution in [2.75, 3.05) is 25.7 Å². The second-order valence-electron chi connectivity index (χ2n) is 8.85. The van der Waals surface area contributed by atoms with Crippen LogP contribution >= 0.6 is 0 Å². The van der Waals surface area contributed by atoms with Gasteiger partial charge in [-0.1, -0.05) is 17.7 Å². The molecule has 0 aliphatic rings. The average Bonchev–Trinajstić information content (AvgIpc) is 3.07. The molecule has 6 heteroatoms. The Morgan fingerprint density at radius 1 is 1.20 bits per heavy atom. The minimum absolute atomic E-state index is 0.0737. The van der Waals surface area contributed by atoms with Crippen molar-refractivity contribution in [1.82, 2.24) is 14.9 Å². The maximum atomic E-state index is 12.9. The number of benzene rings is 1. The Hall–Kier alpha value is -2.86. The first kappa shape index (κ1) is 21.8. The highest BCUT2D eigenvalue weighted by Crippen LogP contribution is 2.30. The van der Waals surface area contributed by atoms with Crippen LogP contribution < -0.4 is 10.2 Å². The minimum atomic E-state index is -0.219. The van der Waals surface area contributed by atoms with Crippen LogP contribution in [0.2, 0.25) is 0 Å². The second kappa shape index (κ2) is 8.48. The summed E-state index contributed by atoms with van der Waals surface area (Å²) in [5.41, 5.74) is 3.48. The molecule has 0 unspecified atom stereocenters. The Kier molecular flexibility index (Phi) is 6.17. The largest absolute Gasteiger partial charge is 0.383 e. The minimum Gasteiger partial charge on any atom is -0.383 e. The van der Waals surface area contributed by atoms with E-state index in [1.807, 2.05) is 32.3 Å². The van der Waals surface area contributed by atoms with Gasteiger partial charge in [0, 0.05) is 43.0 Å². The van der Waals surface area contributed by atoms with Gasteiger partial charge >= 0.3 is 0 Å². The lowest BCUT2D eigenvalue weighted by molar-refractivity contribution is 0.0907. The smallest absolute Gasteiger partial charge is 0.253 e. The predicted octanol–water partition coefficient (Wildman–Crippen LogP) is 4.63. The molecule has 0 bridgehead atoms. The fraction of sp³-hybridized carbons (Fsp3) is 0.417. The molecule has 0 spiro atoms. The molecule has 0 saturated heterocycles. The van der Waals surface area contributed by atoms with E-state index in [2.05, 4.69) is 66.7 Å². The van der Waals surface area contributed by atoms with Gasteiger partial charge in [-0.05, 0) is 58.9 Å². The lowest BCUT2D eigenvalue weighted by Gasteiger charge is -2.23. The topological polar surface area (TPSA) is 59.4 Å². The molecule has 1 amide bonds. The number of nitrogens with one attached hydrogen (secondary N) is 1. The summed E-state index contributed by atoms with van der Waals surface area (Å²) in [6, 6.07) is 12.2. The van der Waals surface area contributed by atoms with Gasteiger partial charge in [-0.2, -0.15) is 0 Å². The first-order valence-electron chi connectivity index (χ1n) is 10.2. The summed E-state index contributed by atoms with van der Waals surface area (Å²) >= 11 is 0. The van der Waals surface area contributed by atoms with Crippen LogP contribution in [0, 0.1) is 6.92 Å². The van der Waals surface area contributed by atoms with Crippen LogP contribution in [0.1, 0.15) is 43.6 Å². The highest BCUT2D eigenvalue weighted by atomic mass is 16.5. The first-order chi connectivity index (χ1) is 14.1. The van der Waals surface area contributed by atoms with Crippen molar-refractivity contribution in [3.8, 4) is 0 Å². The lowest BCUT2D eigenvalue weighted by Crippen LogP contribution is -2.35. The van der Waals surface area contributed by atoms with Crippen LogP contribution in [0.15, 0.2) is 42.6 Å². The molecule has 1 aromatic carbocycles. The summed E-state index contributed by atoms with van der Waals surface area (Å²) in [6.45, 7) is 10.8. The maximum Gasteiger partial charge on any atom is 0.253 e. The van der Waals surface area contributed by atoms with Gasteiger partial charge in [0.2, 0.25) is 0 Å². The van der Waals surface area contributed by atoms with Gasteiger partial charge in [-0.25, -0.2) is 4.98 Å². The molecule has 3 rings (SSSR count). The summed E-state index contributed by atoms with van der Waals surface area (Å²) in [4.78, 5) is 19.9. The molecule has 1 atom stereocenters. The number of ether oxygens (including phenoxy) is 1. The quantitative estimate of drug-likeness (QED) is 0.646. The number of nitrogens with zero attached hydrogens (tertiary/aromatic N) is 3.